The molecular weight excluding hydrogens is 611 g/mol. The number of fused-ring (bicyclic) bond motifs is 3. The molecule has 9 rings (SSSR count). The fourth-order valence-electron chi connectivity index (χ4n) is 6.59. The molecule has 0 radical (unpaired) electrons. The Morgan fingerprint density at radius 2 is 0.920 bits per heavy atom. The van der Waals surface area contributed by atoms with Crippen molar-refractivity contribution in [2.24, 2.45) is 0 Å². The van der Waals surface area contributed by atoms with Crippen molar-refractivity contribution in [1.29, 1.82) is 0 Å². The Morgan fingerprint density at radius 1 is 0.340 bits per heavy atom. The topological polar surface area (TPSA) is 64.5 Å². The molecule has 0 unspecified atom stereocenters. The summed E-state index contributed by atoms with van der Waals surface area (Å²) < 4.78 is 0. The SMILES string of the molecule is c1ccc(-c2cc(-c3cccc(-c4ccc(-c5cc(-c6ccncc6)nc(-c6ccncc6)n5)cc4)c3)c3c(ccc4ccccc43)n2)cc1. The molecule has 0 atom stereocenters. The van der Waals surface area contributed by atoms with E-state index in [1.54, 1.807) is 24.8 Å². The second kappa shape index (κ2) is 12.6. The lowest BCUT2D eigenvalue weighted by atomic mass is 9.92. The van der Waals surface area contributed by atoms with Crippen LogP contribution in [0.1, 0.15) is 0 Å². The van der Waals surface area contributed by atoms with Crippen LogP contribution in [0, 0.1) is 0 Å². The third-order valence-corrected chi connectivity index (χ3v) is 9.10. The maximum absolute atomic E-state index is 5.14. The highest BCUT2D eigenvalue weighted by Gasteiger charge is 2.15. The Balaban J connectivity index is 1.13. The lowest BCUT2D eigenvalue weighted by Gasteiger charge is -2.14. The third-order valence-electron chi connectivity index (χ3n) is 9.10. The highest BCUT2D eigenvalue weighted by molar-refractivity contribution is 6.14. The minimum absolute atomic E-state index is 0.653. The monoisotopic (exact) mass is 639 g/mol. The van der Waals surface area contributed by atoms with E-state index in [1.165, 1.54) is 10.8 Å². The van der Waals surface area contributed by atoms with Crippen molar-refractivity contribution in [2.45, 2.75) is 0 Å². The molecule has 0 saturated heterocycles. The van der Waals surface area contributed by atoms with Crippen LogP contribution < -0.4 is 0 Å². The highest BCUT2D eigenvalue weighted by Crippen LogP contribution is 2.38. The zero-order valence-electron chi connectivity index (χ0n) is 27.0. The number of benzene rings is 5. The summed E-state index contributed by atoms with van der Waals surface area (Å²) in [6.45, 7) is 0. The Bertz CT molecular complexity index is 2560. The largest absolute Gasteiger partial charge is 0.265 e. The number of pyridine rings is 3. The smallest absolute Gasteiger partial charge is 0.160 e. The lowest BCUT2D eigenvalue weighted by Crippen LogP contribution is -1.96. The first kappa shape index (κ1) is 29.3. The zero-order valence-corrected chi connectivity index (χ0v) is 27.0. The predicted octanol–water partition coefficient (Wildman–Crippen LogP) is 11.0. The highest BCUT2D eigenvalue weighted by atomic mass is 14.9. The lowest BCUT2D eigenvalue weighted by molar-refractivity contribution is 1.17. The van der Waals surface area contributed by atoms with Crippen molar-refractivity contribution in [3.8, 4) is 67.4 Å². The molecule has 0 N–H and O–H groups in total. The second-order valence-electron chi connectivity index (χ2n) is 12.2. The first-order chi connectivity index (χ1) is 24.8. The Hall–Kier alpha value is -6.85. The van der Waals surface area contributed by atoms with Gasteiger partial charge in [-0.15, -0.1) is 0 Å². The van der Waals surface area contributed by atoms with E-state index in [-0.39, 0.29) is 0 Å². The molecule has 0 spiro atoms. The molecule has 4 aromatic heterocycles. The summed E-state index contributed by atoms with van der Waals surface area (Å²) in [5, 5.41) is 3.56. The van der Waals surface area contributed by atoms with E-state index in [1.807, 2.05) is 36.4 Å². The van der Waals surface area contributed by atoms with E-state index in [0.29, 0.717) is 5.82 Å². The van der Waals surface area contributed by atoms with Gasteiger partial charge in [0.25, 0.3) is 0 Å². The molecule has 234 valence electrons. The molecule has 5 aromatic carbocycles. The Kier molecular flexibility index (Phi) is 7.41. The van der Waals surface area contributed by atoms with Gasteiger partial charge in [0.05, 0.1) is 22.6 Å². The molecule has 9 aromatic rings. The molecule has 50 heavy (non-hydrogen) atoms. The van der Waals surface area contributed by atoms with Gasteiger partial charge in [-0.3, -0.25) is 9.97 Å². The number of nitrogens with zero attached hydrogens (tertiary/aromatic N) is 5. The van der Waals surface area contributed by atoms with Gasteiger partial charge >= 0.3 is 0 Å². The van der Waals surface area contributed by atoms with Crippen molar-refractivity contribution >= 4 is 21.7 Å². The fraction of sp³-hybridized carbons (Fsp3) is 0. The quantitative estimate of drug-likeness (QED) is 0.169. The minimum Gasteiger partial charge on any atom is -0.265 e. The van der Waals surface area contributed by atoms with E-state index in [0.717, 1.165) is 72.5 Å². The fourth-order valence-corrected chi connectivity index (χ4v) is 6.59. The third kappa shape index (κ3) is 5.57. The molecule has 5 nitrogen and oxygen atoms in total. The van der Waals surface area contributed by atoms with Crippen LogP contribution in [0.4, 0.5) is 0 Å². The predicted molar refractivity (Wildman–Crippen MR) is 203 cm³/mol. The van der Waals surface area contributed by atoms with Gasteiger partial charge in [0, 0.05) is 52.4 Å². The van der Waals surface area contributed by atoms with Crippen LogP contribution in [0.2, 0.25) is 0 Å². The molecular formula is C45H29N5. The van der Waals surface area contributed by atoms with Gasteiger partial charge in [-0.2, -0.15) is 0 Å². The molecule has 0 amide bonds. The average Bonchev–Trinajstić information content (AvgIpc) is 3.21. The number of hydrogen-bond acceptors (Lipinski definition) is 5. The maximum atomic E-state index is 5.14. The summed E-state index contributed by atoms with van der Waals surface area (Å²) in [6.07, 6.45) is 7.10. The molecule has 5 heteroatoms. The van der Waals surface area contributed by atoms with Crippen LogP contribution in [0.5, 0.6) is 0 Å². The first-order valence-corrected chi connectivity index (χ1v) is 16.6. The summed E-state index contributed by atoms with van der Waals surface area (Å²) in [7, 11) is 0. The van der Waals surface area contributed by atoms with Crippen LogP contribution >= 0.6 is 0 Å². The molecule has 0 fully saturated rings. The molecule has 0 aliphatic carbocycles. The number of rotatable bonds is 6. The van der Waals surface area contributed by atoms with Gasteiger partial charge in [-0.25, -0.2) is 15.0 Å². The number of hydrogen-bond donors (Lipinski definition) is 0. The molecule has 0 bridgehead atoms. The van der Waals surface area contributed by atoms with Gasteiger partial charge in [0.1, 0.15) is 0 Å². The summed E-state index contributed by atoms with van der Waals surface area (Å²) in [6, 6.07) is 52.8. The van der Waals surface area contributed by atoms with Crippen molar-refractivity contribution in [2.75, 3.05) is 0 Å². The Morgan fingerprint density at radius 3 is 1.68 bits per heavy atom. The van der Waals surface area contributed by atoms with Gasteiger partial charge in [-0.05, 0) is 81.6 Å². The molecule has 0 saturated carbocycles. The van der Waals surface area contributed by atoms with E-state index in [2.05, 4.69) is 125 Å². The summed E-state index contributed by atoms with van der Waals surface area (Å²) >= 11 is 0. The normalized spacial score (nSPS) is 11.2. The van der Waals surface area contributed by atoms with Crippen molar-refractivity contribution in [1.82, 2.24) is 24.9 Å². The molecule has 4 heterocycles. The maximum Gasteiger partial charge on any atom is 0.160 e. The van der Waals surface area contributed by atoms with Gasteiger partial charge in [-0.1, -0.05) is 103 Å². The summed E-state index contributed by atoms with van der Waals surface area (Å²) in [5.41, 5.74) is 12.2. The van der Waals surface area contributed by atoms with Crippen LogP contribution in [-0.4, -0.2) is 24.9 Å². The van der Waals surface area contributed by atoms with E-state index in [4.69, 9.17) is 15.0 Å². The summed E-state index contributed by atoms with van der Waals surface area (Å²) in [4.78, 5) is 23.4. The average molecular weight is 640 g/mol. The standard InChI is InChI=1S/C45H29N5/c1-2-8-32(9-3-1)41-28-39(44-38-12-5-4-7-31(38)17-18-40(44)48-41)37-11-6-10-36(27-37)30-13-15-33(16-14-30)42-29-43(34-19-23-46-24-20-34)50-45(49-42)35-21-25-47-26-22-35/h1-29H. The van der Waals surface area contributed by atoms with Gasteiger partial charge in [0.2, 0.25) is 0 Å². The van der Waals surface area contributed by atoms with Crippen LogP contribution in [-0.2, 0) is 0 Å². The Labute approximate surface area is 289 Å². The molecule has 0 aliphatic rings. The van der Waals surface area contributed by atoms with Gasteiger partial charge < -0.3 is 0 Å². The van der Waals surface area contributed by atoms with E-state index >= 15 is 0 Å². The van der Waals surface area contributed by atoms with Crippen LogP contribution in [0.25, 0.3) is 89.1 Å². The van der Waals surface area contributed by atoms with Crippen molar-refractivity contribution in [3.05, 3.63) is 176 Å². The van der Waals surface area contributed by atoms with Gasteiger partial charge in [0.15, 0.2) is 5.82 Å². The van der Waals surface area contributed by atoms with E-state index in [9.17, 15) is 0 Å². The minimum atomic E-state index is 0.653. The van der Waals surface area contributed by atoms with E-state index < -0.39 is 0 Å². The van der Waals surface area contributed by atoms with Crippen LogP contribution in [0.3, 0.4) is 0 Å². The summed E-state index contributed by atoms with van der Waals surface area (Å²) in [5.74, 6) is 0.653. The van der Waals surface area contributed by atoms with Crippen molar-refractivity contribution in [3.63, 3.8) is 0 Å². The van der Waals surface area contributed by atoms with Crippen LogP contribution in [0.15, 0.2) is 176 Å². The first-order valence-electron chi connectivity index (χ1n) is 16.6. The second-order valence-corrected chi connectivity index (χ2v) is 12.2. The number of aromatic nitrogens is 5. The molecule has 0 aliphatic heterocycles. The zero-order chi connectivity index (χ0) is 33.3. The van der Waals surface area contributed by atoms with Crippen molar-refractivity contribution < 1.29 is 0 Å².